The van der Waals surface area contributed by atoms with Crippen molar-refractivity contribution in [3.8, 4) is 0 Å². The summed E-state index contributed by atoms with van der Waals surface area (Å²) in [7, 11) is 3.39. The van der Waals surface area contributed by atoms with Crippen LogP contribution >= 0.6 is 131 Å². The Morgan fingerprint density at radius 1 is 0.588 bits per heavy atom. The number of carbonyl (C=O) groups excluding carboxylic acids is 6. The molecule has 0 aromatic heterocycles. The van der Waals surface area contributed by atoms with Crippen LogP contribution in [0, 0.1) is 10.8 Å². The molecule has 0 spiro atoms. The van der Waals surface area contributed by atoms with Crippen molar-refractivity contribution in [1.82, 2.24) is 31.1 Å². The number of hydrogen-bond acceptors (Lipinski definition) is 10. The second-order valence-corrected chi connectivity index (χ2v) is 20.4. The fourth-order valence-corrected chi connectivity index (χ4v) is 12.1. The lowest BCUT2D eigenvalue weighted by atomic mass is 9.84. The maximum atomic E-state index is 14.4. The van der Waals surface area contributed by atoms with Crippen LogP contribution in [0.1, 0.15) is 78.4 Å². The molecule has 2 aromatic rings. The molecule has 0 radical (unpaired) electrons. The van der Waals surface area contributed by atoms with E-state index in [0.29, 0.717) is 61.4 Å². The first-order chi connectivity index (χ1) is 28.5. The van der Waals surface area contributed by atoms with Crippen LogP contribution in [-0.4, -0.2) is 118 Å². The smallest absolute Gasteiger partial charge is 0.247 e. The number of fused-ring (bicyclic) bond motifs is 2. The van der Waals surface area contributed by atoms with Crippen LogP contribution in [0.3, 0.4) is 0 Å². The van der Waals surface area contributed by atoms with Crippen molar-refractivity contribution >= 4 is 178 Å². The molecular weight excluding hydrogens is 1060 g/mol. The van der Waals surface area contributed by atoms with Gasteiger partial charge in [0, 0.05) is 11.4 Å². The highest BCUT2D eigenvalue weighted by Gasteiger charge is 2.56. The number of amides is 6. The van der Waals surface area contributed by atoms with Gasteiger partial charge in [0.25, 0.3) is 0 Å². The van der Waals surface area contributed by atoms with E-state index in [-0.39, 0.29) is 154 Å². The zero-order valence-corrected chi connectivity index (χ0v) is 49.7. The SMILES string of the molecule is CN[C@@H](C)C(=O)N[C@H]1CCS[C@H]2CC(C)(C)[C@@H](C(=O)Nc3ccccc3CCc3ccccc3NC(=O)[C@H]3N4C(=O)[C@@H](NC(=O)[C@H](C)NC)CCS[C@H]4CC3(C)C)N2C1=O.S.S.S.S.S.S.S.S. The maximum absolute atomic E-state index is 14.4. The summed E-state index contributed by atoms with van der Waals surface area (Å²) in [5.74, 6) is -0.161. The van der Waals surface area contributed by atoms with Crippen LogP contribution in [0.4, 0.5) is 11.4 Å². The van der Waals surface area contributed by atoms with Gasteiger partial charge in [-0.2, -0.15) is 108 Å². The van der Waals surface area contributed by atoms with Gasteiger partial charge in [-0.25, -0.2) is 0 Å². The van der Waals surface area contributed by atoms with Gasteiger partial charge in [-0.1, -0.05) is 64.1 Å². The Hall–Kier alpha value is -1.32. The Morgan fingerprint density at radius 3 is 1.24 bits per heavy atom. The fraction of sp³-hybridized carbons (Fsp3) is 0.591. The standard InChI is InChI=1S/C44H62N8O6S2.8H2S/c1-25(45-7)37(53)49-31-19-21-59-33-23-43(3,4)35(51(33)41(31)57)39(55)47-29-15-11-9-13-27(29)17-18-28-14-10-12-16-30(28)48-40(56)36-44(5,6)24-34-52(36)42(58)32(20-22-60-34)50-38(54)26(2)46-8;;;;;;;;/h9-16,25-26,31-36,45-46H,17-24H2,1-8H3,(H,47,55)(H,48,56)(H,49,53)(H,50,54);8*1H2/t25-,26-,31-,32-,33-,34-,35+,36+;;;;;;;;/m0......../s1. The van der Waals surface area contributed by atoms with E-state index in [0.717, 1.165) is 11.1 Å². The van der Waals surface area contributed by atoms with Crippen molar-refractivity contribution in [3.05, 3.63) is 59.7 Å². The number of thioether (sulfide) groups is 2. The highest BCUT2D eigenvalue weighted by molar-refractivity contribution is 8.00. The van der Waals surface area contributed by atoms with Crippen molar-refractivity contribution in [2.45, 2.75) is 127 Å². The first-order valence-corrected chi connectivity index (χ1v) is 23.2. The molecule has 390 valence electrons. The normalized spacial score (nSPS) is 23.6. The van der Waals surface area contributed by atoms with Crippen LogP contribution in [-0.2, 0) is 41.6 Å². The largest absolute Gasteiger partial charge is 0.343 e. The lowest BCUT2D eigenvalue weighted by Crippen LogP contribution is -2.57. The number of aryl methyl sites for hydroxylation is 2. The van der Waals surface area contributed by atoms with E-state index < -0.39 is 47.1 Å². The van der Waals surface area contributed by atoms with Gasteiger partial charge in [-0.15, -0.1) is 23.5 Å². The van der Waals surface area contributed by atoms with Crippen LogP contribution in [0.2, 0.25) is 0 Å². The van der Waals surface area contributed by atoms with E-state index in [9.17, 15) is 28.8 Å². The van der Waals surface area contributed by atoms with Crippen molar-refractivity contribution in [1.29, 1.82) is 0 Å². The molecule has 0 saturated carbocycles. The van der Waals surface area contributed by atoms with Gasteiger partial charge in [0.2, 0.25) is 35.4 Å². The molecule has 0 aliphatic carbocycles. The molecule has 14 nitrogen and oxygen atoms in total. The molecule has 6 N–H and O–H groups in total. The second-order valence-electron chi connectivity index (χ2n) is 17.8. The first-order valence-electron chi connectivity index (χ1n) is 21.1. The topological polar surface area (TPSA) is 181 Å². The Labute approximate surface area is 468 Å². The number of likely N-dealkylation sites (N-methyl/N-ethyl adjacent to an activating group) is 2. The summed E-state index contributed by atoms with van der Waals surface area (Å²) in [5.41, 5.74) is 2.06. The molecule has 4 aliphatic rings. The predicted octanol–water partition coefficient (Wildman–Crippen LogP) is 4.62. The molecule has 68 heavy (non-hydrogen) atoms. The zero-order valence-electron chi connectivity index (χ0n) is 40.1. The minimum absolute atomic E-state index is 0. The summed E-state index contributed by atoms with van der Waals surface area (Å²) in [5, 5.41) is 17.7. The van der Waals surface area contributed by atoms with Gasteiger partial charge in [0.15, 0.2) is 0 Å². The summed E-state index contributed by atoms with van der Waals surface area (Å²) >= 11 is 3.31. The number of benzene rings is 2. The Balaban J connectivity index is -0.00000528. The van der Waals surface area contributed by atoms with Gasteiger partial charge in [0.05, 0.1) is 22.8 Å². The fourth-order valence-electron chi connectivity index (χ4n) is 8.95. The Kier molecular flexibility index (Phi) is 32.0. The van der Waals surface area contributed by atoms with Crippen LogP contribution in [0.25, 0.3) is 0 Å². The van der Waals surface area contributed by atoms with Gasteiger partial charge < -0.3 is 41.7 Å². The molecule has 4 heterocycles. The lowest BCUT2D eigenvalue weighted by molar-refractivity contribution is -0.142. The third-order valence-electron chi connectivity index (χ3n) is 12.6. The second kappa shape index (κ2) is 30.7. The molecule has 6 amide bonds. The number of anilines is 2. The highest BCUT2D eigenvalue weighted by atomic mass is 32.2. The maximum Gasteiger partial charge on any atom is 0.247 e. The van der Waals surface area contributed by atoms with Gasteiger partial charge in [-0.3, -0.25) is 28.8 Å². The van der Waals surface area contributed by atoms with Crippen molar-refractivity contribution < 1.29 is 28.8 Å². The molecule has 24 heteroatoms. The summed E-state index contributed by atoms with van der Waals surface area (Å²) in [6, 6.07) is 11.4. The number of hydrogen-bond donors (Lipinski definition) is 6. The average Bonchev–Trinajstić information content (AvgIpc) is 3.53. The number of nitrogens with one attached hydrogen (secondary N) is 6. The molecule has 4 aliphatic heterocycles. The third-order valence-corrected chi connectivity index (χ3v) is 15.1. The van der Waals surface area contributed by atoms with E-state index in [1.165, 1.54) is 0 Å². The molecule has 6 rings (SSSR count). The molecule has 2 aromatic carbocycles. The van der Waals surface area contributed by atoms with Crippen molar-refractivity contribution in [2.75, 3.05) is 36.2 Å². The molecule has 4 saturated heterocycles. The zero-order chi connectivity index (χ0) is 43.5. The van der Waals surface area contributed by atoms with Gasteiger partial charge in [0.1, 0.15) is 24.2 Å². The van der Waals surface area contributed by atoms with E-state index in [1.54, 1.807) is 61.3 Å². The summed E-state index contributed by atoms with van der Waals surface area (Å²) in [6.45, 7) is 11.6. The van der Waals surface area contributed by atoms with E-state index in [1.807, 2.05) is 76.2 Å². The molecular formula is C44H78N8O6S10. The number of nitrogens with zero attached hydrogens (tertiary/aromatic N) is 2. The predicted molar refractivity (Wildman–Crippen MR) is 321 cm³/mol. The van der Waals surface area contributed by atoms with Crippen molar-refractivity contribution in [2.24, 2.45) is 10.8 Å². The Morgan fingerprint density at radius 2 is 0.912 bits per heavy atom. The number of para-hydroxylation sites is 2. The Bertz CT molecular complexity index is 1850. The molecule has 8 atom stereocenters. The first kappa shape index (κ1) is 70.9. The number of rotatable bonds is 13. The van der Waals surface area contributed by atoms with Crippen molar-refractivity contribution in [3.63, 3.8) is 0 Å². The van der Waals surface area contributed by atoms with Crippen LogP contribution in [0.5, 0.6) is 0 Å². The summed E-state index contributed by atoms with van der Waals surface area (Å²) < 4.78 is 0. The molecule has 0 unspecified atom stereocenters. The van der Waals surface area contributed by atoms with Gasteiger partial charge >= 0.3 is 0 Å². The summed E-state index contributed by atoms with van der Waals surface area (Å²) in [6.07, 6.45) is 3.36. The van der Waals surface area contributed by atoms with Crippen LogP contribution in [0.15, 0.2) is 48.5 Å². The van der Waals surface area contributed by atoms with Crippen LogP contribution < -0.4 is 31.9 Å². The average molecular weight is 1140 g/mol. The summed E-state index contributed by atoms with van der Waals surface area (Å²) in [4.78, 5) is 85.9. The highest BCUT2D eigenvalue weighted by Crippen LogP contribution is 2.48. The monoisotopic (exact) mass is 1130 g/mol. The minimum atomic E-state index is -0.747. The molecule has 0 bridgehead atoms. The van der Waals surface area contributed by atoms with Gasteiger partial charge in [-0.05, 0) is 112 Å². The van der Waals surface area contributed by atoms with E-state index >= 15 is 0 Å². The van der Waals surface area contributed by atoms with E-state index in [2.05, 4.69) is 31.9 Å². The molecule has 4 fully saturated rings. The lowest BCUT2D eigenvalue weighted by Gasteiger charge is -2.34. The van der Waals surface area contributed by atoms with E-state index in [4.69, 9.17) is 0 Å². The quantitative estimate of drug-likeness (QED) is 0.166. The third kappa shape index (κ3) is 16.1. The number of carbonyl (C=O) groups is 6. The minimum Gasteiger partial charge on any atom is -0.343 e.